The molecule has 1 aliphatic heterocycles. The molecule has 3 heterocycles. The molecule has 1 aromatic carbocycles. The average Bonchev–Trinajstić information content (AvgIpc) is 3.39. The Labute approximate surface area is 187 Å². The number of aryl methyl sites for hydroxylation is 1. The summed E-state index contributed by atoms with van der Waals surface area (Å²) in [6.45, 7) is 6.99. The molecule has 1 N–H and O–H groups in total. The molecule has 0 unspecified atom stereocenters. The van der Waals surface area contributed by atoms with Crippen LogP contribution in [0.25, 0.3) is 0 Å². The van der Waals surface area contributed by atoms with Crippen LogP contribution < -0.4 is 5.32 Å². The highest BCUT2D eigenvalue weighted by Gasteiger charge is 2.24. The highest BCUT2D eigenvalue weighted by Crippen LogP contribution is 2.21. The van der Waals surface area contributed by atoms with Crippen LogP contribution >= 0.6 is 11.3 Å². The normalized spacial score (nSPS) is 15.2. The zero-order chi connectivity index (χ0) is 21.8. The number of hydrogen-bond acceptors (Lipinski definition) is 4. The average molecular weight is 436 g/mol. The zero-order valence-corrected chi connectivity index (χ0v) is 19.0. The first kappa shape index (κ1) is 21.5. The molecule has 0 bridgehead atoms. The summed E-state index contributed by atoms with van der Waals surface area (Å²) in [7, 11) is 0. The first-order valence-corrected chi connectivity index (χ1v) is 11.7. The molecule has 31 heavy (non-hydrogen) atoms. The largest absolute Gasteiger partial charge is 0.349 e. The highest BCUT2D eigenvalue weighted by atomic mass is 32.1. The van der Waals surface area contributed by atoms with Crippen molar-refractivity contribution in [2.75, 3.05) is 19.6 Å². The highest BCUT2D eigenvalue weighted by molar-refractivity contribution is 7.09. The number of ketones is 1. The van der Waals surface area contributed by atoms with E-state index in [-0.39, 0.29) is 17.7 Å². The molecule has 1 aliphatic rings. The maximum Gasteiger partial charge on any atom is 0.251 e. The fourth-order valence-corrected chi connectivity index (χ4v) is 4.96. The number of nitrogens with one attached hydrogen (secondary N) is 1. The molecule has 4 rings (SSSR count). The lowest BCUT2D eigenvalue weighted by Crippen LogP contribution is -2.46. The third-order valence-electron chi connectivity index (χ3n) is 6.09. The number of carbonyl (C=O) groups excluding carboxylic acids is 2. The van der Waals surface area contributed by atoms with Gasteiger partial charge in [0, 0.05) is 46.5 Å². The van der Waals surface area contributed by atoms with Crippen LogP contribution in [0.15, 0.2) is 53.9 Å². The number of piperidine rings is 1. The Hall–Kier alpha value is -2.70. The maximum atomic E-state index is 13.0. The van der Waals surface area contributed by atoms with Crippen molar-refractivity contribution in [1.29, 1.82) is 0 Å². The first-order valence-electron chi connectivity index (χ1n) is 10.8. The number of thiophene rings is 1. The molecule has 3 aromatic rings. The smallest absolute Gasteiger partial charge is 0.251 e. The molecule has 2 aromatic heterocycles. The van der Waals surface area contributed by atoms with Crippen LogP contribution in [-0.4, -0.2) is 46.8 Å². The summed E-state index contributed by atoms with van der Waals surface area (Å²) >= 11 is 1.74. The summed E-state index contributed by atoms with van der Waals surface area (Å²) in [5, 5.41) is 5.21. The van der Waals surface area contributed by atoms with E-state index >= 15 is 0 Å². The third kappa shape index (κ3) is 5.14. The second kappa shape index (κ2) is 9.62. The first-order chi connectivity index (χ1) is 15.0. The number of benzene rings is 1. The minimum absolute atomic E-state index is 0.0201. The summed E-state index contributed by atoms with van der Waals surface area (Å²) in [6.07, 6.45) is 1.73. The van der Waals surface area contributed by atoms with Crippen molar-refractivity contribution in [3.63, 3.8) is 0 Å². The lowest BCUT2D eigenvalue weighted by atomic mass is 10.0. The van der Waals surface area contributed by atoms with Crippen LogP contribution in [0, 0.1) is 13.8 Å². The van der Waals surface area contributed by atoms with Crippen molar-refractivity contribution in [2.24, 2.45) is 0 Å². The van der Waals surface area contributed by atoms with Crippen molar-refractivity contribution < 1.29 is 9.59 Å². The Kier molecular flexibility index (Phi) is 6.68. The fraction of sp³-hybridized carbons (Fsp3) is 0.360. The van der Waals surface area contributed by atoms with Gasteiger partial charge in [-0.05, 0) is 56.3 Å². The topological polar surface area (TPSA) is 54.3 Å². The van der Waals surface area contributed by atoms with Gasteiger partial charge < -0.3 is 9.88 Å². The van der Waals surface area contributed by atoms with Gasteiger partial charge in [-0.3, -0.25) is 14.5 Å². The van der Waals surface area contributed by atoms with Crippen molar-refractivity contribution in [3.05, 3.63) is 81.3 Å². The van der Waals surface area contributed by atoms with Gasteiger partial charge in [-0.25, -0.2) is 0 Å². The number of aromatic nitrogens is 1. The number of Topliss-reactive ketones (excluding diaryl/α,β-unsaturated/α-hetero) is 1. The van der Waals surface area contributed by atoms with E-state index in [1.54, 1.807) is 11.3 Å². The van der Waals surface area contributed by atoms with E-state index in [0.29, 0.717) is 12.1 Å². The van der Waals surface area contributed by atoms with E-state index in [1.165, 1.54) is 4.88 Å². The van der Waals surface area contributed by atoms with Crippen LogP contribution in [0.4, 0.5) is 0 Å². The molecule has 1 fully saturated rings. The standard InChI is InChI=1S/C25H29N3O2S/c1-18-15-23(19(2)28(18)16-22-9-6-14-31-22)24(29)17-27-12-10-21(11-13-27)26-25(30)20-7-4-3-5-8-20/h3-9,14-15,21H,10-13,16-17H2,1-2H3,(H,26,30). The van der Waals surface area contributed by atoms with E-state index in [9.17, 15) is 9.59 Å². The van der Waals surface area contributed by atoms with Gasteiger partial charge in [0.2, 0.25) is 0 Å². The van der Waals surface area contributed by atoms with Crippen molar-refractivity contribution >= 4 is 23.0 Å². The van der Waals surface area contributed by atoms with Crippen LogP contribution in [0.3, 0.4) is 0 Å². The van der Waals surface area contributed by atoms with Crippen LogP contribution in [0.5, 0.6) is 0 Å². The van der Waals surface area contributed by atoms with Gasteiger partial charge in [0.15, 0.2) is 5.78 Å². The van der Waals surface area contributed by atoms with Crippen LogP contribution in [0.2, 0.25) is 0 Å². The summed E-state index contributed by atoms with van der Waals surface area (Å²) in [5.41, 5.74) is 3.68. The van der Waals surface area contributed by atoms with E-state index in [4.69, 9.17) is 0 Å². The number of nitrogens with zero attached hydrogens (tertiary/aromatic N) is 2. The number of rotatable bonds is 7. The molecule has 0 aliphatic carbocycles. The Bertz CT molecular complexity index is 1030. The van der Waals surface area contributed by atoms with Crippen molar-refractivity contribution in [1.82, 2.24) is 14.8 Å². The van der Waals surface area contributed by atoms with E-state index in [1.807, 2.05) is 43.3 Å². The SMILES string of the molecule is Cc1cc(C(=O)CN2CCC(NC(=O)c3ccccc3)CC2)c(C)n1Cc1cccs1. The van der Waals surface area contributed by atoms with Gasteiger partial charge in [0.05, 0.1) is 13.1 Å². The predicted molar refractivity (Wildman–Crippen MR) is 125 cm³/mol. The Morgan fingerprint density at radius 2 is 1.81 bits per heavy atom. The Balaban J connectivity index is 1.31. The molecule has 162 valence electrons. The monoisotopic (exact) mass is 435 g/mol. The quantitative estimate of drug-likeness (QED) is 0.563. The molecule has 5 nitrogen and oxygen atoms in total. The van der Waals surface area contributed by atoms with Crippen molar-refractivity contribution in [3.8, 4) is 0 Å². The molecule has 0 saturated carbocycles. The molecule has 0 spiro atoms. The van der Waals surface area contributed by atoms with Gasteiger partial charge in [0.25, 0.3) is 5.91 Å². The minimum atomic E-state index is -0.0201. The molecular weight excluding hydrogens is 406 g/mol. The molecule has 0 radical (unpaired) electrons. The Morgan fingerprint density at radius 3 is 2.48 bits per heavy atom. The molecule has 1 amide bonds. The number of hydrogen-bond donors (Lipinski definition) is 1. The minimum Gasteiger partial charge on any atom is -0.349 e. The number of amides is 1. The lowest BCUT2D eigenvalue weighted by Gasteiger charge is -2.31. The fourth-order valence-electron chi connectivity index (χ4n) is 4.27. The molecule has 0 atom stereocenters. The molecular formula is C25H29N3O2S. The van der Waals surface area contributed by atoms with Gasteiger partial charge in [-0.15, -0.1) is 11.3 Å². The second-order valence-corrected chi connectivity index (χ2v) is 9.30. The number of likely N-dealkylation sites (tertiary alicyclic amines) is 1. The summed E-state index contributed by atoms with van der Waals surface area (Å²) in [4.78, 5) is 28.9. The summed E-state index contributed by atoms with van der Waals surface area (Å²) < 4.78 is 2.23. The lowest BCUT2D eigenvalue weighted by molar-refractivity contribution is 0.0858. The van der Waals surface area contributed by atoms with E-state index in [0.717, 1.165) is 49.4 Å². The van der Waals surface area contributed by atoms with Gasteiger partial charge in [0.1, 0.15) is 0 Å². The zero-order valence-electron chi connectivity index (χ0n) is 18.1. The van der Waals surface area contributed by atoms with Gasteiger partial charge >= 0.3 is 0 Å². The predicted octanol–water partition coefficient (Wildman–Crippen LogP) is 4.29. The van der Waals surface area contributed by atoms with E-state index in [2.05, 4.69) is 39.2 Å². The molecule has 6 heteroatoms. The van der Waals surface area contributed by atoms with Crippen molar-refractivity contribution in [2.45, 2.75) is 39.3 Å². The van der Waals surface area contributed by atoms with Gasteiger partial charge in [-0.1, -0.05) is 24.3 Å². The van der Waals surface area contributed by atoms with E-state index < -0.39 is 0 Å². The maximum absolute atomic E-state index is 13.0. The molecule has 1 saturated heterocycles. The Morgan fingerprint density at radius 1 is 1.06 bits per heavy atom. The second-order valence-electron chi connectivity index (χ2n) is 8.26. The number of carbonyl (C=O) groups is 2. The van der Waals surface area contributed by atoms with Crippen LogP contribution in [-0.2, 0) is 6.54 Å². The summed E-state index contributed by atoms with van der Waals surface area (Å²) in [5.74, 6) is 0.158. The summed E-state index contributed by atoms with van der Waals surface area (Å²) in [6, 6.07) is 15.7. The van der Waals surface area contributed by atoms with Crippen LogP contribution in [0.1, 0.15) is 49.8 Å². The third-order valence-corrected chi connectivity index (χ3v) is 6.96. The van der Waals surface area contributed by atoms with Gasteiger partial charge in [-0.2, -0.15) is 0 Å².